The second kappa shape index (κ2) is 5.32. The molecule has 0 bridgehead atoms. The zero-order chi connectivity index (χ0) is 10.6. The first-order valence-corrected chi connectivity index (χ1v) is 4.97. The van der Waals surface area contributed by atoms with Crippen LogP contribution in [0.4, 0.5) is 0 Å². The summed E-state index contributed by atoms with van der Waals surface area (Å²) in [5.74, 6) is -0.153. The van der Waals surface area contributed by atoms with Gasteiger partial charge < -0.3 is 14.6 Å². The van der Waals surface area contributed by atoms with E-state index < -0.39 is 6.10 Å². The number of aliphatic hydroxyl groups excluding tert-OH is 1. The van der Waals surface area contributed by atoms with E-state index in [9.17, 15) is 9.90 Å². The van der Waals surface area contributed by atoms with E-state index in [1.54, 1.807) is 0 Å². The number of carbonyl (C=O) groups excluding carboxylic acids is 1. The van der Waals surface area contributed by atoms with Crippen LogP contribution in [0.25, 0.3) is 0 Å². The highest BCUT2D eigenvalue weighted by Gasteiger charge is 2.29. The predicted octanol–water partition coefficient (Wildman–Crippen LogP) is 0.583. The van der Waals surface area contributed by atoms with Crippen molar-refractivity contribution in [3.63, 3.8) is 0 Å². The maximum Gasteiger partial charge on any atom is 0.305 e. The molecule has 1 heterocycles. The lowest BCUT2D eigenvalue weighted by Gasteiger charge is -2.22. The summed E-state index contributed by atoms with van der Waals surface area (Å²) in [4.78, 5) is 11.0. The van der Waals surface area contributed by atoms with Crippen LogP contribution < -0.4 is 0 Å². The van der Waals surface area contributed by atoms with Gasteiger partial charge in [-0.3, -0.25) is 4.79 Å². The highest BCUT2D eigenvalue weighted by Crippen LogP contribution is 2.23. The maximum absolute atomic E-state index is 11.0. The summed E-state index contributed by atoms with van der Waals surface area (Å²) in [5, 5.41) is 9.87. The molecule has 0 radical (unpaired) electrons. The Balaban J connectivity index is 2.34. The molecule has 1 aliphatic rings. The third-order valence-electron chi connectivity index (χ3n) is 2.75. The smallest absolute Gasteiger partial charge is 0.305 e. The van der Waals surface area contributed by atoms with Crippen LogP contribution in [0.3, 0.4) is 0 Å². The van der Waals surface area contributed by atoms with Gasteiger partial charge in [0, 0.05) is 12.5 Å². The average Bonchev–Trinajstić information content (AvgIpc) is 2.69. The van der Waals surface area contributed by atoms with Crippen LogP contribution in [-0.2, 0) is 14.3 Å². The fraction of sp³-hybridized carbons (Fsp3) is 0.900. The van der Waals surface area contributed by atoms with Gasteiger partial charge in [0.05, 0.1) is 26.2 Å². The maximum atomic E-state index is 11.0. The fourth-order valence-corrected chi connectivity index (χ4v) is 1.75. The first-order chi connectivity index (χ1) is 6.65. The number of esters is 1. The van der Waals surface area contributed by atoms with Crippen molar-refractivity contribution in [3.8, 4) is 0 Å². The average molecular weight is 202 g/mol. The number of ether oxygens (including phenoxy) is 2. The minimum absolute atomic E-state index is 0.0610. The van der Waals surface area contributed by atoms with Gasteiger partial charge in [0.1, 0.15) is 0 Å². The van der Waals surface area contributed by atoms with Gasteiger partial charge in [-0.15, -0.1) is 0 Å². The van der Waals surface area contributed by atoms with E-state index in [4.69, 9.17) is 4.74 Å². The molecule has 1 aliphatic heterocycles. The van der Waals surface area contributed by atoms with Gasteiger partial charge in [-0.05, 0) is 12.3 Å². The molecule has 3 unspecified atom stereocenters. The molecule has 1 rings (SSSR count). The van der Waals surface area contributed by atoms with Crippen molar-refractivity contribution >= 4 is 5.97 Å². The number of methoxy groups -OCH3 is 1. The summed E-state index contributed by atoms with van der Waals surface area (Å²) in [5.41, 5.74) is 0. The molecule has 0 amide bonds. The Morgan fingerprint density at radius 2 is 2.43 bits per heavy atom. The lowest BCUT2D eigenvalue weighted by Crippen LogP contribution is -2.29. The van der Waals surface area contributed by atoms with E-state index >= 15 is 0 Å². The summed E-state index contributed by atoms with van der Waals surface area (Å²) in [6, 6.07) is 0. The van der Waals surface area contributed by atoms with Gasteiger partial charge in [-0.2, -0.15) is 0 Å². The Labute approximate surface area is 84.2 Å². The number of hydrogen-bond donors (Lipinski definition) is 1. The van der Waals surface area contributed by atoms with Gasteiger partial charge in [0.15, 0.2) is 0 Å². The molecular formula is C10H18O4. The monoisotopic (exact) mass is 202 g/mol. The summed E-state index contributed by atoms with van der Waals surface area (Å²) in [6.45, 7) is 3.18. The normalized spacial score (nSPS) is 25.8. The van der Waals surface area contributed by atoms with Crippen LogP contribution in [-0.4, -0.2) is 37.5 Å². The van der Waals surface area contributed by atoms with E-state index in [1.807, 2.05) is 6.92 Å². The number of rotatable bonds is 4. The summed E-state index contributed by atoms with van der Waals surface area (Å²) < 4.78 is 9.74. The summed E-state index contributed by atoms with van der Waals surface area (Å²) in [6.07, 6.45) is 0.692. The SMILES string of the molecule is COC(=O)CC(C)C(O)C1CCOC1. The Hall–Kier alpha value is -0.610. The van der Waals surface area contributed by atoms with E-state index in [2.05, 4.69) is 4.74 Å². The lowest BCUT2D eigenvalue weighted by atomic mass is 9.89. The van der Waals surface area contributed by atoms with Gasteiger partial charge >= 0.3 is 5.97 Å². The molecule has 0 aromatic heterocycles. The van der Waals surface area contributed by atoms with E-state index in [-0.39, 0.29) is 24.2 Å². The highest BCUT2D eigenvalue weighted by molar-refractivity contribution is 5.69. The Morgan fingerprint density at radius 3 is 2.93 bits per heavy atom. The second-order valence-corrected chi connectivity index (χ2v) is 3.87. The molecule has 82 valence electrons. The van der Waals surface area contributed by atoms with Crippen molar-refractivity contribution in [2.24, 2.45) is 11.8 Å². The minimum atomic E-state index is -0.461. The largest absolute Gasteiger partial charge is 0.469 e. The highest BCUT2D eigenvalue weighted by atomic mass is 16.5. The quantitative estimate of drug-likeness (QED) is 0.678. The fourth-order valence-electron chi connectivity index (χ4n) is 1.75. The molecule has 14 heavy (non-hydrogen) atoms. The van der Waals surface area contributed by atoms with E-state index in [0.29, 0.717) is 13.2 Å². The van der Waals surface area contributed by atoms with Crippen LogP contribution in [0.2, 0.25) is 0 Å². The second-order valence-electron chi connectivity index (χ2n) is 3.87. The minimum Gasteiger partial charge on any atom is -0.469 e. The van der Waals surface area contributed by atoms with E-state index in [1.165, 1.54) is 7.11 Å². The van der Waals surface area contributed by atoms with Crippen LogP contribution in [0.5, 0.6) is 0 Å². The third kappa shape index (κ3) is 2.96. The molecule has 1 N–H and O–H groups in total. The molecule has 0 spiro atoms. The van der Waals surface area contributed by atoms with Crippen LogP contribution >= 0.6 is 0 Å². The summed E-state index contributed by atoms with van der Waals surface area (Å²) in [7, 11) is 1.36. The third-order valence-corrected chi connectivity index (χ3v) is 2.75. The van der Waals surface area contributed by atoms with Crippen molar-refractivity contribution < 1.29 is 19.4 Å². The van der Waals surface area contributed by atoms with Gasteiger partial charge in [0.2, 0.25) is 0 Å². The molecule has 4 nitrogen and oxygen atoms in total. The van der Waals surface area contributed by atoms with Crippen LogP contribution in [0, 0.1) is 11.8 Å². The molecular weight excluding hydrogens is 184 g/mol. The zero-order valence-corrected chi connectivity index (χ0v) is 8.73. The predicted molar refractivity (Wildman–Crippen MR) is 50.7 cm³/mol. The first-order valence-electron chi connectivity index (χ1n) is 4.97. The van der Waals surface area contributed by atoms with Gasteiger partial charge in [-0.1, -0.05) is 6.92 Å². The molecule has 0 aromatic carbocycles. The Bertz CT molecular complexity index is 187. The lowest BCUT2D eigenvalue weighted by molar-refractivity contribution is -0.142. The number of carbonyl (C=O) groups is 1. The van der Waals surface area contributed by atoms with Crippen molar-refractivity contribution in [2.45, 2.75) is 25.9 Å². The zero-order valence-electron chi connectivity index (χ0n) is 8.73. The van der Waals surface area contributed by atoms with Crippen molar-refractivity contribution in [3.05, 3.63) is 0 Å². The van der Waals surface area contributed by atoms with Crippen LogP contribution in [0.1, 0.15) is 19.8 Å². The van der Waals surface area contributed by atoms with E-state index in [0.717, 1.165) is 6.42 Å². The first kappa shape index (κ1) is 11.5. The molecule has 0 aliphatic carbocycles. The molecule has 0 aromatic rings. The number of aliphatic hydroxyl groups is 1. The summed E-state index contributed by atoms with van der Waals surface area (Å²) >= 11 is 0. The van der Waals surface area contributed by atoms with Crippen LogP contribution in [0.15, 0.2) is 0 Å². The molecule has 0 saturated carbocycles. The van der Waals surface area contributed by atoms with Crippen molar-refractivity contribution in [1.82, 2.24) is 0 Å². The van der Waals surface area contributed by atoms with Gasteiger partial charge in [-0.25, -0.2) is 0 Å². The molecule has 1 saturated heterocycles. The number of hydrogen-bond acceptors (Lipinski definition) is 4. The topological polar surface area (TPSA) is 55.8 Å². The molecule has 4 heteroatoms. The Kier molecular flexibility index (Phi) is 4.35. The molecule has 3 atom stereocenters. The van der Waals surface area contributed by atoms with Gasteiger partial charge in [0.25, 0.3) is 0 Å². The van der Waals surface area contributed by atoms with Crippen molar-refractivity contribution in [1.29, 1.82) is 0 Å². The Morgan fingerprint density at radius 1 is 1.71 bits per heavy atom. The van der Waals surface area contributed by atoms with Crippen molar-refractivity contribution in [2.75, 3.05) is 20.3 Å². The standard InChI is InChI=1S/C10H18O4/c1-7(5-9(11)13-2)10(12)8-3-4-14-6-8/h7-8,10,12H,3-6H2,1-2H3. The molecule has 1 fully saturated rings.